The molecule has 0 saturated heterocycles. The van der Waals surface area contributed by atoms with Crippen LogP contribution in [0.25, 0.3) is 0 Å². The number of halogens is 4. The highest BCUT2D eigenvalue weighted by Crippen LogP contribution is 2.35. The molecule has 2 rings (SSSR count). The molecular weight excluding hydrogens is 435 g/mol. The molecule has 0 saturated carbocycles. The van der Waals surface area contributed by atoms with Gasteiger partial charge in [0.2, 0.25) is 0 Å². The fourth-order valence-electron chi connectivity index (χ4n) is 1.98. The number of aromatic hydroxyl groups is 1. The summed E-state index contributed by atoms with van der Waals surface area (Å²) in [6, 6.07) is 8.08. The fraction of sp³-hybridized carbons (Fsp3) is 0.125. The van der Waals surface area contributed by atoms with Crippen LogP contribution in [0.5, 0.6) is 11.5 Å². The molecule has 0 heterocycles. The van der Waals surface area contributed by atoms with Crippen molar-refractivity contribution in [3.8, 4) is 11.5 Å². The Morgan fingerprint density at radius 1 is 1.31 bits per heavy atom. The predicted molar refractivity (Wildman–Crippen MR) is 101 cm³/mol. The van der Waals surface area contributed by atoms with E-state index in [1.54, 1.807) is 6.07 Å². The van der Waals surface area contributed by atoms with Gasteiger partial charge >= 0.3 is 6.18 Å². The highest BCUT2D eigenvalue weighted by molar-refractivity contribution is 9.10. The van der Waals surface area contributed by atoms with Crippen LogP contribution in [0.4, 0.5) is 18.9 Å². The molecule has 2 aromatic rings. The lowest BCUT2D eigenvalue weighted by molar-refractivity contribution is -0.136. The number of hydrazone groups is 1. The normalized spacial score (nSPS) is 11.4. The second-order valence-electron chi connectivity index (χ2n) is 4.92. The first-order chi connectivity index (χ1) is 12.2. The van der Waals surface area contributed by atoms with Crippen LogP contribution in [0, 0.1) is 0 Å². The van der Waals surface area contributed by atoms with E-state index in [9.17, 15) is 18.3 Å². The zero-order chi connectivity index (χ0) is 19.3. The number of anilines is 1. The van der Waals surface area contributed by atoms with Crippen molar-refractivity contribution in [1.82, 2.24) is 5.43 Å². The summed E-state index contributed by atoms with van der Waals surface area (Å²) in [7, 11) is 1.40. The number of methoxy groups -OCH3 is 1. The van der Waals surface area contributed by atoms with Crippen LogP contribution in [0.3, 0.4) is 0 Å². The van der Waals surface area contributed by atoms with Crippen molar-refractivity contribution in [3.63, 3.8) is 0 Å². The van der Waals surface area contributed by atoms with Gasteiger partial charge in [-0.05, 0) is 58.0 Å². The number of nitrogens with zero attached hydrogens (tertiary/aromatic N) is 1. The number of para-hydroxylation sites is 1. The largest absolute Gasteiger partial charge is 0.503 e. The first-order valence-electron chi connectivity index (χ1n) is 7.05. The zero-order valence-electron chi connectivity index (χ0n) is 13.3. The van der Waals surface area contributed by atoms with Crippen LogP contribution in [0.2, 0.25) is 0 Å². The van der Waals surface area contributed by atoms with E-state index in [2.05, 4.69) is 31.8 Å². The molecule has 0 aromatic heterocycles. The molecule has 0 amide bonds. The molecule has 2 aromatic carbocycles. The molecule has 0 atom stereocenters. The molecule has 26 heavy (non-hydrogen) atoms. The molecule has 10 heteroatoms. The first kappa shape index (κ1) is 20.0. The molecule has 0 radical (unpaired) electrons. The summed E-state index contributed by atoms with van der Waals surface area (Å²) in [5.74, 6) is 0.180. The lowest BCUT2D eigenvalue weighted by Crippen LogP contribution is -2.25. The molecule has 0 unspecified atom stereocenters. The van der Waals surface area contributed by atoms with Gasteiger partial charge in [0, 0.05) is 0 Å². The minimum absolute atomic E-state index is 0.0569. The summed E-state index contributed by atoms with van der Waals surface area (Å²) >= 11 is 8.12. The topological polar surface area (TPSA) is 65.9 Å². The number of phenolic OH excluding ortho intramolecular Hbond substituents is 1. The minimum atomic E-state index is -4.50. The Bertz CT molecular complexity index is 844. The van der Waals surface area contributed by atoms with E-state index in [1.165, 1.54) is 37.6 Å². The van der Waals surface area contributed by atoms with Gasteiger partial charge in [0.15, 0.2) is 16.6 Å². The van der Waals surface area contributed by atoms with Crippen LogP contribution >= 0.6 is 28.1 Å². The second kappa shape index (κ2) is 8.37. The SMILES string of the molecule is COc1cc(C=NNC(=S)Nc2ccccc2C(F)(F)F)cc(Br)c1O. The Morgan fingerprint density at radius 2 is 2.00 bits per heavy atom. The maximum atomic E-state index is 12.9. The molecule has 0 aliphatic rings. The van der Waals surface area contributed by atoms with E-state index in [0.29, 0.717) is 10.0 Å². The first-order valence-corrected chi connectivity index (χ1v) is 8.25. The van der Waals surface area contributed by atoms with Gasteiger partial charge in [-0.1, -0.05) is 12.1 Å². The van der Waals surface area contributed by atoms with Crippen LogP contribution in [-0.4, -0.2) is 23.5 Å². The molecule has 5 nitrogen and oxygen atoms in total. The fourth-order valence-corrected chi connectivity index (χ4v) is 2.60. The second-order valence-corrected chi connectivity index (χ2v) is 6.18. The summed E-state index contributed by atoms with van der Waals surface area (Å²) in [6.07, 6.45) is -3.13. The monoisotopic (exact) mass is 447 g/mol. The Labute approximate surface area is 161 Å². The number of thiocarbonyl (C=S) groups is 1. The average Bonchev–Trinajstić information content (AvgIpc) is 2.57. The minimum Gasteiger partial charge on any atom is -0.503 e. The number of nitrogens with one attached hydrogen (secondary N) is 2. The number of hydrogen-bond donors (Lipinski definition) is 3. The van der Waals surface area contributed by atoms with E-state index < -0.39 is 11.7 Å². The molecule has 0 fully saturated rings. The molecule has 0 aliphatic heterocycles. The zero-order valence-corrected chi connectivity index (χ0v) is 15.7. The summed E-state index contributed by atoms with van der Waals surface area (Å²) in [4.78, 5) is 0. The van der Waals surface area contributed by atoms with Crippen molar-refractivity contribution >= 4 is 45.2 Å². The molecule has 0 aliphatic carbocycles. The number of rotatable bonds is 4. The van der Waals surface area contributed by atoms with Crippen LogP contribution in [0.15, 0.2) is 46.0 Å². The number of hydrogen-bond acceptors (Lipinski definition) is 4. The smallest absolute Gasteiger partial charge is 0.418 e. The lowest BCUT2D eigenvalue weighted by Gasteiger charge is -2.14. The van der Waals surface area contributed by atoms with Crippen molar-refractivity contribution in [3.05, 3.63) is 52.0 Å². The maximum absolute atomic E-state index is 12.9. The van der Waals surface area contributed by atoms with Crippen molar-refractivity contribution < 1.29 is 23.0 Å². The molecular formula is C16H13BrF3N3O2S. The van der Waals surface area contributed by atoms with Crippen molar-refractivity contribution in [2.75, 3.05) is 12.4 Å². The quantitative estimate of drug-likeness (QED) is 0.365. The highest BCUT2D eigenvalue weighted by atomic mass is 79.9. The van der Waals surface area contributed by atoms with Gasteiger partial charge in [-0.15, -0.1) is 0 Å². The Morgan fingerprint density at radius 3 is 2.65 bits per heavy atom. The van der Waals surface area contributed by atoms with Gasteiger partial charge in [0.1, 0.15) is 0 Å². The molecule has 3 N–H and O–H groups in total. The number of ether oxygens (including phenoxy) is 1. The number of phenols is 1. The van der Waals surface area contributed by atoms with E-state index in [1.807, 2.05) is 0 Å². The van der Waals surface area contributed by atoms with Gasteiger partial charge < -0.3 is 15.2 Å². The van der Waals surface area contributed by atoms with Gasteiger partial charge in [0.05, 0.1) is 29.0 Å². The molecule has 0 spiro atoms. The number of benzene rings is 2. The van der Waals surface area contributed by atoms with Gasteiger partial charge in [0.25, 0.3) is 0 Å². The standard InChI is InChI=1S/C16H13BrF3N3O2S/c1-25-13-7-9(6-11(17)14(13)24)8-21-23-15(26)22-12-5-3-2-4-10(12)16(18,19)20/h2-8,24H,1H3,(H2,22,23,26). The third kappa shape index (κ3) is 5.09. The van der Waals surface area contributed by atoms with Gasteiger partial charge in [-0.3, -0.25) is 5.43 Å². The summed E-state index contributed by atoms with van der Waals surface area (Å²) in [5.41, 5.74) is 1.99. The van der Waals surface area contributed by atoms with Gasteiger partial charge in [-0.2, -0.15) is 18.3 Å². The Kier molecular flexibility index (Phi) is 6.43. The number of alkyl halides is 3. The van der Waals surface area contributed by atoms with E-state index in [-0.39, 0.29) is 22.3 Å². The predicted octanol–water partition coefficient (Wildman–Crippen LogP) is 4.50. The molecule has 0 bridgehead atoms. The summed E-state index contributed by atoms with van der Waals surface area (Å²) in [6.45, 7) is 0. The molecule has 138 valence electrons. The highest BCUT2D eigenvalue weighted by Gasteiger charge is 2.33. The van der Waals surface area contributed by atoms with Crippen LogP contribution in [0.1, 0.15) is 11.1 Å². The Hall–Kier alpha value is -2.33. The van der Waals surface area contributed by atoms with Crippen molar-refractivity contribution in [2.24, 2.45) is 5.10 Å². The third-order valence-corrected chi connectivity index (χ3v) is 3.93. The van der Waals surface area contributed by atoms with E-state index >= 15 is 0 Å². The maximum Gasteiger partial charge on any atom is 0.418 e. The summed E-state index contributed by atoms with van der Waals surface area (Å²) in [5, 5.41) is 15.9. The summed E-state index contributed by atoms with van der Waals surface area (Å²) < 4.78 is 44.2. The van der Waals surface area contributed by atoms with Crippen LogP contribution < -0.4 is 15.5 Å². The van der Waals surface area contributed by atoms with E-state index in [0.717, 1.165) is 6.07 Å². The Balaban J connectivity index is 2.06. The van der Waals surface area contributed by atoms with E-state index in [4.69, 9.17) is 17.0 Å². The van der Waals surface area contributed by atoms with Gasteiger partial charge in [-0.25, -0.2) is 0 Å². The average molecular weight is 448 g/mol. The van der Waals surface area contributed by atoms with Crippen LogP contribution in [-0.2, 0) is 6.18 Å². The van der Waals surface area contributed by atoms with Crippen molar-refractivity contribution in [1.29, 1.82) is 0 Å². The van der Waals surface area contributed by atoms with Crippen molar-refractivity contribution in [2.45, 2.75) is 6.18 Å². The third-order valence-electron chi connectivity index (χ3n) is 3.13. The lowest BCUT2D eigenvalue weighted by atomic mass is 10.2.